The lowest BCUT2D eigenvalue weighted by Crippen LogP contribution is -2.36. The van der Waals surface area contributed by atoms with E-state index in [9.17, 15) is 4.79 Å². The molecule has 0 bridgehead atoms. The van der Waals surface area contributed by atoms with Crippen molar-refractivity contribution in [3.8, 4) is 0 Å². The summed E-state index contributed by atoms with van der Waals surface area (Å²) in [7, 11) is 0. The molecule has 18 heavy (non-hydrogen) atoms. The molecule has 1 aliphatic heterocycles. The molecule has 0 spiro atoms. The van der Waals surface area contributed by atoms with Crippen LogP contribution in [0.2, 0.25) is 0 Å². The van der Waals surface area contributed by atoms with Crippen molar-refractivity contribution in [1.29, 1.82) is 0 Å². The van der Waals surface area contributed by atoms with Crippen LogP contribution in [-0.4, -0.2) is 47.8 Å². The molecule has 1 heterocycles. The molecule has 0 aliphatic carbocycles. The Balaban J connectivity index is 1.99. The monoisotopic (exact) mass is 257 g/mol. The summed E-state index contributed by atoms with van der Waals surface area (Å²) in [6, 6.07) is -0.228. The highest BCUT2D eigenvalue weighted by Crippen LogP contribution is 2.18. The molecule has 1 rings (SSSR count). The number of carbonyl (C=O) groups is 1. The van der Waals surface area contributed by atoms with Crippen LogP contribution >= 0.6 is 0 Å². The van der Waals surface area contributed by atoms with E-state index in [1.54, 1.807) is 0 Å². The van der Waals surface area contributed by atoms with E-state index in [2.05, 4.69) is 18.7 Å². The lowest BCUT2D eigenvalue weighted by Gasteiger charge is -2.20. The quantitative estimate of drug-likeness (QED) is 0.645. The Morgan fingerprint density at radius 1 is 1.33 bits per heavy atom. The van der Waals surface area contributed by atoms with Gasteiger partial charge in [0.25, 0.3) is 0 Å². The van der Waals surface area contributed by atoms with Crippen molar-refractivity contribution in [1.82, 2.24) is 4.90 Å². The Bertz CT molecular complexity index is 243. The zero-order valence-electron chi connectivity index (χ0n) is 11.7. The Morgan fingerprint density at radius 3 is 2.72 bits per heavy atom. The maximum Gasteiger partial charge on any atom is 0.320 e. The standard InChI is InChI=1S/C14H27NO3/c1-12(2)18-11-6-4-3-5-9-15-10-7-8-13(15)14(16)17/h12-13H,3-11H2,1-2H3,(H,16,17). The fourth-order valence-electron chi connectivity index (χ4n) is 2.46. The van der Waals surface area contributed by atoms with E-state index < -0.39 is 5.97 Å². The summed E-state index contributed by atoms with van der Waals surface area (Å²) in [6.45, 7) is 6.84. The number of ether oxygens (including phenoxy) is 1. The molecule has 0 saturated carbocycles. The van der Waals surface area contributed by atoms with Gasteiger partial charge in [-0.3, -0.25) is 9.69 Å². The summed E-state index contributed by atoms with van der Waals surface area (Å²) in [5.41, 5.74) is 0. The van der Waals surface area contributed by atoms with Gasteiger partial charge in [-0.2, -0.15) is 0 Å². The molecular formula is C14H27NO3. The van der Waals surface area contributed by atoms with Crippen molar-refractivity contribution in [2.24, 2.45) is 0 Å². The molecule has 4 heteroatoms. The van der Waals surface area contributed by atoms with Crippen LogP contribution in [-0.2, 0) is 9.53 Å². The fraction of sp³-hybridized carbons (Fsp3) is 0.929. The van der Waals surface area contributed by atoms with E-state index >= 15 is 0 Å². The number of unbranched alkanes of at least 4 members (excludes halogenated alkanes) is 3. The van der Waals surface area contributed by atoms with Crippen molar-refractivity contribution >= 4 is 5.97 Å². The summed E-state index contributed by atoms with van der Waals surface area (Å²) in [4.78, 5) is 13.1. The zero-order valence-corrected chi connectivity index (χ0v) is 11.7. The first-order chi connectivity index (χ1) is 8.61. The molecular weight excluding hydrogens is 230 g/mol. The van der Waals surface area contributed by atoms with E-state index in [0.717, 1.165) is 45.4 Å². The second kappa shape index (κ2) is 8.48. The first-order valence-corrected chi connectivity index (χ1v) is 7.19. The number of rotatable bonds is 9. The minimum atomic E-state index is -0.655. The van der Waals surface area contributed by atoms with Gasteiger partial charge in [0.1, 0.15) is 6.04 Å². The lowest BCUT2D eigenvalue weighted by atomic mass is 10.2. The average Bonchev–Trinajstić information content (AvgIpc) is 2.75. The Kier molecular flexibility index (Phi) is 7.28. The predicted octanol–water partition coefficient (Wildman–Crippen LogP) is 2.52. The van der Waals surface area contributed by atoms with E-state index in [4.69, 9.17) is 9.84 Å². The lowest BCUT2D eigenvalue weighted by molar-refractivity contribution is -0.142. The van der Waals surface area contributed by atoms with Crippen LogP contribution < -0.4 is 0 Å². The summed E-state index contributed by atoms with van der Waals surface area (Å²) >= 11 is 0. The highest BCUT2D eigenvalue weighted by molar-refractivity contribution is 5.73. The molecule has 1 unspecified atom stereocenters. The van der Waals surface area contributed by atoms with Crippen molar-refractivity contribution in [3.63, 3.8) is 0 Å². The normalized spacial score (nSPS) is 20.7. The molecule has 1 fully saturated rings. The van der Waals surface area contributed by atoms with E-state index in [1.807, 2.05) is 0 Å². The molecule has 0 radical (unpaired) electrons. The minimum Gasteiger partial charge on any atom is -0.480 e. The highest BCUT2D eigenvalue weighted by Gasteiger charge is 2.29. The SMILES string of the molecule is CC(C)OCCCCCCN1CCCC1C(=O)O. The highest BCUT2D eigenvalue weighted by atomic mass is 16.5. The van der Waals surface area contributed by atoms with Gasteiger partial charge in [-0.05, 0) is 52.6 Å². The maximum absolute atomic E-state index is 11.0. The number of hydrogen-bond donors (Lipinski definition) is 1. The average molecular weight is 257 g/mol. The molecule has 1 aliphatic rings. The van der Waals surface area contributed by atoms with Gasteiger partial charge in [-0.15, -0.1) is 0 Å². The van der Waals surface area contributed by atoms with Gasteiger partial charge in [0, 0.05) is 6.61 Å². The first kappa shape index (κ1) is 15.4. The fourth-order valence-corrected chi connectivity index (χ4v) is 2.46. The van der Waals surface area contributed by atoms with Crippen molar-refractivity contribution < 1.29 is 14.6 Å². The summed E-state index contributed by atoms with van der Waals surface area (Å²) in [5, 5.41) is 9.05. The van der Waals surface area contributed by atoms with Gasteiger partial charge < -0.3 is 9.84 Å². The Hall–Kier alpha value is -0.610. The minimum absolute atomic E-state index is 0.228. The van der Waals surface area contributed by atoms with Crippen molar-refractivity contribution in [2.75, 3.05) is 19.7 Å². The van der Waals surface area contributed by atoms with Crippen LogP contribution in [0.3, 0.4) is 0 Å². The topological polar surface area (TPSA) is 49.8 Å². The van der Waals surface area contributed by atoms with Crippen LogP contribution in [0.5, 0.6) is 0 Å². The van der Waals surface area contributed by atoms with E-state index in [0.29, 0.717) is 6.10 Å². The summed E-state index contributed by atoms with van der Waals surface area (Å²) in [5.74, 6) is -0.655. The molecule has 0 aromatic carbocycles. The molecule has 0 aromatic rings. The Labute approximate surface area is 110 Å². The van der Waals surface area contributed by atoms with Crippen LogP contribution in [0.25, 0.3) is 0 Å². The van der Waals surface area contributed by atoms with Crippen LogP contribution in [0.1, 0.15) is 52.4 Å². The zero-order chi connectivity index (χ0) is 13.4. The van der Waals surface area contributed by atoms with Crippen LogP contribution in [0.15, 0.2) is 0 Å². The van der Waals surface area contributed by atoms with Gasteiger partial charge in [-0.25, -0.2) is 0 Å². The predicted molar refractivity (Wildman–Crippen MR) is 71.8 cm³/mol. The van der Waals surface area contributed by atoms with Gasteiger partial charge in [-0.1, -0.05) is 12.8 Å². The molecule has 1 saturated heterocycles. The second-order valence-electron chi connectivity index (χ2n) is 5.37. The molecule has 0 aromatic heterocycles. The second-order valence-corrected chi connectivity index (χ2v) is 5.37. The molecule has 1 atom stereocenters. The third-order valence-electron chi connectivity index (χ3n) is 3.44. The number of carboxylic acids is 1. The van der Waals surface area contributed by atoms with Crippen molar-refractivity contribution in [3.05, 3.63) is 0 Å². The third-order valence-corrected chi connectivity index (χ3v) is 3.44. The molecule has 4 nitrogen and oxygen atoms in total. The van der Waals surface area contributed by atoms with Crippen LogP contribution in [0, 0.1) is 0 Å². The number of nitrogens with zero attached hydrogens (tertiary/aromatic N) is 1. The summed E-state index contributed by atoms with van der Waals surface area (Å²) < 4.78 is 5.48. The Morgan fingerprint density at radius 2 is 2.06 bits per heavy atom. The van der Waals surface area contributed by atoms with Crippen LogP contribution in [0.4, 0.5) is 0 Å². The number of aliphatic carboxylic acids is 1. The summed E-state index contributed by atoms with van der Waals surface area (Å²) in [6.07, 6.45) is 6.73. The molecule has 0 amide bonds. The van der Waals surface area contributed by atoms with Crippen molar-refractivity contribution in [2.45, 2.75) is 64.5 Å². The number of hydrogen-bond acceptors (Lipinski definition) is 3. The third kappa shape index (κ3) is 5.83. The van der Waals surface area contributed by atoms with Gasteiger partial charge in [0.15, 0.2) is 0 Å². The first-order valence-electron chi connectivity index (χ1n) is 7.19. The van der Waals surface area contributed by atoms with Gasteiger partial charge in [0.05, 0.1) is 6.10 Å². The number of carboxylic acid groups (broad SMARTS) is 1. The smallest absolute Gasteiger partial charge is 0.320 e. The van der Waals surface area contributed by atoms with E-state index in [1.165, 1.54) is 12.8 Å². The van der Waals surface area contributed by atoms with E-state index in [-0.39, 0.29) is 6.04 Å². The maximum atomic E-state index is 11.0. The molecule has 1 N–H and O–H groups in total. The van der Waals surface area contributed by atoms with Gasteiger partial charge in [0.2, 0.25) is 0 Å². The molecule has 106 valence electrons. The van der Waals surface area contributed by atoms with Gasteiger partial charge >= 0.3 is 5.97 Å². The largest absolute Gasteiger partial charge is 0.480 e. The number of likely N-dealkylation sites (tertiary alicyclic amines) is 1.